The molecule has 0 saturated carbocycles. The summed E-state index contributed by atoms with van der Waals surface area (Å²) < 4.78 is 18.6. The van der Waals surface area contributed by atoms with Gasteiger partial charge in [0, 0.05) is 11.1 Å². The number of benzene rings is 1. The summed E-state index contributed by atoms with van der Waals surface area (Å²) in [5, 5.41) is 0. The van der Waals surface area contributed by atoms with Gasteiger partial charge in [-0.3, -0.25) is 4.79 Å². The third kappa shape index (κ3) is 1.20. The average Bonchev–Trinajstić information content (AvgIpc) is 2.43. The standard InChI is InChI=1S/C10H9FO2/c1-6-10(11)8-4-7(5-12)2-3-9(8)13-6/h2-6,10H,1H3. The molecule has 0 aliphatic carbocycles. The molecule has 1 aliphatic heterocycles. The van der Waals surface area contributed by atoms with Gasteiger partial charge in [-0.15, -0.1) is 0 Å². The zero-order valence-corrected chi connectivity index (χ0v) is 7.16. The number of carbonyl (C=O) groups is 1. The molecule has 3 heteroatoms. The summed E-state index contributed by atoms with van der Waals surface area (Å²) in [6.07, 6.45) is -0.859. The quantitative estimate of drug-likeness (QED) is 0.620. The first-order valence-electron chi connectivity index (χ1n) is 4.12. The second kappa shape index (κ2) is 2.83. The van der Waals surface area contributed by atoms with Crippen LogP contribution < -0.4 is 4.74 Å². The van der Waals surface area contributed by atoms with Crippen molar-refractivity contribution in [1.29, 1.82) is 0 Å². The van der Waals surface area contributed by atoms with Crippen LogP contribution in [-0.4, -0.2) is 12.4 Å². The summed E-state index contributed by atoms with van der Waals surface area (Å²) in [4.78, 5) is 10.4. The lowest BCUT2D eigenvalue weighted by molar-refractivity contribution is 0.112. The molecular formula is C10H9FO2. The number of ether oxygens (including phenoxy) is 1. The zero-order valence-electron chi connectivity index (χ0n) is 7.16. The van der Waals surface area contributed by atoms with Gasteiger partial charge in [0.1, 0.15) is 18.1 Å². The van der Waals surface area contributed by atoms with Gasteiger partial charge in [-0.25, -0.2) is 4.39 Å². The summed E-state index contributed by atoms with van der Waals surface area (Å²) in [6.45, 7) is 1.67. The summed E-state index contributed by atoms with van der Waals surface area (Å²) in [6, 6.07) is 4.79. The van der Waals surface area contributed by atoms with Crippen LogP contribution in [0, 0.1) is 0 Å². The van der Waals surface area contributed by atoms with Gasteiger partial charge in [0.2, 0.25) is 0 Å². The van der Waals surface area contributed by atoms with E-state index in [1.54, 1.807) is 19.1 Å². The SMILES string of the molecule is CC1Oc2ccc(C=O)cc2C1F. The molecule has 68 valence electrons. The van der Waals surface area contributed by atoms with Gasteiger partial charge in [-0.1, -0.05) is 0 Å². The summed E-state index contributed by atoms with van der Waals surface area (Å²) in [5.41, 5.74) is 0.969. The lowest BCUT2D eigenvalue weighted by atomic mass is 10.1. The highest BCUT2D eigenvalue weighted by atomic mass is 19.1. The van der Waals surface area contributed by atoms with Crippen molar-refractivity contribution in [3.63, 3.8) is 0 Å². The fourth-order valence-electron chi connectivity index (χ4n) is 1.48. The molecule has 1 aromatic carbocycles. The maximum atomic E-state index is 13.4. The van der Waals surface area contributed by atoms with Crippen molar-refractivity contribution in [2.75, 3.05) is 0 Å². The minimum Gasteiger partial charge on any atom is -0.487 e. The van der Waals surface area contributed by atoms with Crippen LogP contribution in [0.5, 0.6) is 5.75 Å². The Hall–Kier alpha value is -1.38. The summed E-state index contributed by atoms with van der Waals surface area (Å²) >= 11 is 0. The molecule has 2 nitrogen and oxygen atoms in total. The van der Waals surface area contributed by atoms with Crippen molar-refractivity contribution >= 4 is 6.29 Å². The van der Waals surface area contributed by atoms with E-state index in [1.807, 2.05) is 0 Å². The second-order valence-electron chi connectivity index (χ2n) is 3.14. The van der Waals surface area contributed by atoms with E-state index in [2.05, 4.69) is 0 Å². The fourth-order valence-corrected chi connectivity index (χ4v) is 1.48. The Morgan fingerprint density at radius 3 is 3.00 bits per heavy atom. The molecule has 1 aromatic rings. The number of aldehydes is 1. The fraction of sp³-hybridized carbons (Fsp3) is 0.300. The monoisotopic (exact) mass is 180 g/mol. The van der Waals surface area contributed by atoms with E-state index in [9.17, 15) is 9.18 Å². The topological polar surface area (TPSA) is 26.3 Å². The third-order valence-electron chi connectivity index (χ3n) is 2.19. The molecule has 13 heavy (non-hydrogen) atoms. The molecule has 1 aliphatic rings. The minimum absolute atomic E-state index is 0.447. The molecule has 0 fully saturated rings. The van der Waals surface area contributed by atoms with Crippen LogP contribution in [0.1, 0.15) is 29.0 Å². The van der Waals surface area contributed by atoms with Crippen LogP contribution >= 0.6 is 0 Å². The van der Waals surface area contributed by atoms with Gasteiger partial charge >= 0.3 is 0 Å². The lowest BCUT2D eigenvalue weighted by Crippen LogP contribution is -2.09. The van der Waals surface area contributed by atoms with Crippen molar-refractivity contribution in [1.82, 2.24) is 0 Å². The number of fused-ring (bicyclic) bond motifs is 1. The van der Waals surface area contributed by atoms with E-state index in [0.717, 1.165) is 0 Å². The number of hydrogen-bond acceptors (Lipinski definition) is 2. The number of rotatable bonds is 1. The highest BCUT2D eigenvalue weighted by molar-refractivity contribution is 5.76. The maximum absolute atomic E-state index is 13.4. The number of halogens is 1. The van der Waals surface area contributed by atoms with E-state index in [4.69, 9.17) is 4.74 Å². The smallest absolute Gasteiger partial charge is 0.165 e. The Labute approximate surface area is 75.3 Å². The van der Waals surface area contributed by atoms with Crippen LogP contribution in [0.3, 0.4) is 0 Å². The number of alkyl halides is 1. The highest BCUT2D eigenvalue weighted by Crippen LogP contribution is 2.39. The molecule has 1 heterocycles. The Morgan fingerprint density at radius 2 is 2.31 bits per heavy atom. The average molecular weight is 180 g/mol. The largest absolute Gasteiger partial charge is 0.487 e. The highest BCUT2D eigenvalue weighted by Gasteiger charge is 2.30. The van der Waals surface area contributed by atoms with Gasteiger partial charge in [0.05, 0.1) is 0 Å². The predicted octanol–water partition coefficient (Wildman–Crippen LogP) is 2.29. The Kier molecular flexibility index (Phi) is 1.79. The van der Waals surface area contributed by atoms with Crippen molar-refractivity contribution in [3.8, 4) is 5.75 Å². The molecule has 0 bridgehead atoms. The minimum atomic E-state index is -1.12. The van der Waals surface area contributed by atoms with Crippen LogP contribution in [0.25, 0.3) is 0 Å². The molecule has 0 amide bonds. The van der Waals surface area contributed by atoms with Crippen LogP contribution in [-0.2, 0) is 0 Å². The first-order chi connectivity index (χ1) is 6.22. The van der Waals surface area contributed by atoms with Crippen LogP contribution in [0.2, 0.25) is 0 Å². The molecule has 0 aromatic heterocycles. The number of carbonyl (C=O) groups excluding carboxylic acids is 1. The maximum Gasteiger partial charge on any atom is 0.165 e. The first-order valence-corrected chi connectivity index (χ1v) is 4.12. The molecular weight excluding hydrogens is 171 g/mol. The molecule has 2 unspecified atom stereocenters. The van der Waals surface area contributed by atoms with E-state index < -0.39 is 12.3 Å². The van der Waals surface area contributed by atoms with Gasteiger partial charge in [-0.05, 0) is 25.1 Å². The first kappa shape index (κ1) is 8.23. The van der Waals surface area contributed by atoms with E-state index in [0.29, 0.717) is 23.2 Å². The number of hydrogen-bond donors (Lipinski definition) is 0. The summed E-state index contributed by atoms with van der Waals surface area (Å²) in [7, 11) is 0. The van der Waals surface area contributed by atoms with Gasteiger partial charge < -0.3 is 4.74 Å². The molecule has 0 radical (unpaired) electrons. The van der Waals surface area contributed by atoms with E-state index >= 15 is 0 Å². The van der Waals surface area contributed by atoms with Gasteiger partial charge in [-0.2, -0.15) is 0 Å². The van der Waals surface area contributed by atoms with Crippen molar-refractivity contribution < 1.29 is 13.9 Å². The second-order valence-corrected chi connectivity index (χ2v) is 3.14. The Balaban J connectivity index is 2.47. The molecule has 2 atom stereocenters. The van der Waals surface area contributed by atoms with E-state index in [-0.39, 0.29) is 0 Å². The van der Waals surface area contributed by atoms with Gasteiger partial charge in [0.15, 0.2) is 6.17 Å². The molecule has 2 rings (SSSR count). The lowest BCUT2D eigenvalue weighted by Gasteiger charge is -2.03. The Bertz CT molecular complexity index is 349. The van der Waals surface area contributed by atoms with Crippen molar-refractivity contribution in [3.05, 3.63) is 29.3 Å². The van der Waals surface area contributed by atoms with Crippen molar-refractivity contribution in [2.24, 2.45) is 0 Å². The van der Waals surface area contributed by atoms with E-state index in [1.165, 1.54) is 6.07 Å². The Morgan fingerprint density at radius 1 is 1.54 bits per heavy atom. The molecule has 0 saturated heterocycles. The molecule has 0 N–H and O–H groups in total. The van der Waals surface area contributed by atoms with Crippen molar-refractivity contribution in [2.45, 2.75) is 19.2 Å². The summed E-state index contributed by atoms with van der Waals surface area (Å²) in [5.74, 6) is 0.547. The zero-order chi connectivity index (χ0) is 9.42. The van der Waals surface area contributed by atoms with Crippen LogP contribution in [0.4, 0.5) is 4.39 Å². The predicted molar refractivity (Wildman–Crippen MR) is 45.8 cm³/mol. The molecule has 0 spiro atoms. The third-order valence-corrected chi connectivity index (χ3v) is 2.19. The van der Waals surface area contributed by atoms with Gasteiger partial charge in [0.25, 0.3) is 0 Å². The normalized spacial score (nSPS) is 25.1. The van der Waals surface area contributed by atoms with Crippen LogP contribution in [0.15, 0.2) is 18.2 Å².